The number of phenolic OH excluding ortho intramolecular Hbond substituents is 1. The molecule has 0 aromatic heterocycles. The van der Waals surface area contributed by atoms with E-state index in [0.29, 0.717) is 49.2 Å². The SMILES string of the molecule is CCC(C)c1ccc(O)cc1.CCC(C)c1ccc(OC(C)OC2CC3CC2C2CCCC32)cc1.CCC(C)c1ccc(OC(C)OCCOc2c(C)cc([S+](c3ccccc3)c3ccccc3)cc2C)cc1.O=C(OC1C2CC3C1OS(=O)(=O)C3C2)C(F)(F)S(=O)(=O)[O-]. The quantitative estimate of drug-likeness (QED) is 0.0159. The Balaban J connectivity index is 0.000000160. The van der Waals surface area contributed by atoms with Crippen LogP contribution in [0.25, 0.3) is 0 Å². The van der Waals surface area contributed by atoms with Crippen LogP contribution in [0.3, 0.4) is 0 Å². The number of benzene rings is 6. The average Bonchev–Trinajstić information content (AvgIpc) is 1.56. The molecule has 5 aliphatic carbocycles. The maximum absolute atomic E-state index is 13.1. The van der Waals surface area contributed by atoms with Crippen molar-refractivity contribution in [1.29, 1.82) is 0 Å². The molecule has 15 atom stereocenters. The number of phenols is 1. The molecule has 1 heterocycles. The molecule has 1 saturated heterocycles. The molecule has 94 heavy (non-hydrogen) atoms. The van der Waals surface area contributed by atoms with Crippen molar-refractivity contribution >= 4 is 37.1 Å². The number of halogens is 2. The zero-order valence-corrected chi connectivity index (χ0v) is 58.2. The molecule has 6 fully saturated rings. The van der Waals surface area contributed by atoms with Gasteiger partial charge in [-0.2, -0.15) is 17.2 Å². The summed E-state index contributed by atoms with van der Waals surface area (Å²) >= 11 is 0. The molecule has 15 unspecified atom stereocenters. The second kappa shape index (κ2) is 31.9. The van der Waals surface area contributed by atoms with E-state index in [-0.39, 0.29) is 29.9 Å². The third kappa shape index (κ3) is 17.4. The summed E-state index contributed by atoms with van der Waals surface area (Å²) in [6, 6.07) is 50.3. The summed E-state index contributed by atoms with van der Waals surface area (Å²) in [7, 11) is -10.2. The summed E-state index contributed by atoms with van der Waals surface area (Å²) in [6.45, 7) is 22.4. The fraction of sp³-hybridized carbons (Fsp3) is 0.507. The van der Waals surface area contributed by atoms with Crippen LogP contribution >= 0.6 is 0 Å². The normalized spacial score (nSPS) is 25.0. The molecule has 0 spiro atoms. The van der Waals surface area contributed by atoms with Gasteiger partial charge in [0.05, 0.1) is 28.9 Å². The number of aromatic hydroxyl groups is 1. The Bertz CT molecular complexity index is 3580. The van der Waals surface area contributed by atoms with Gasteiger partial charge in [0.1, 0.15) is 41.8 Å². The summed E-state index contributed by atoms with van der Waals surface area (Å²) in [6.07, 6.45) is 8.47. The molecular formula is C75H94F2O14S3. The van der Waals surface area contributed by atoms with Crippen LogP contribution < -0.4 is 14.2 Å². The van der Waals surface area contributed by atoms with Crippen LogP contribution in [0.5, 0.6) is 23.0 Å². The van der Waals surface area contributed by atoms with Crippen LogP contribution in [0.4, 0.5) is 8.78 Å². The summed E-state index contributed by atoms with van der Waals surface area (Å²) in [5.74, 6) is 5.04. The van der Waals surface area contributed by atoms with Crippen molar-refractivity contribution in [3.8, 4) is 23.0 Å². The first-order chi connectivity index (χ1) is 44.8. The number of ether oxygens (including phenoxy) is 6. The maximum Gasteiger partial charge on any atom is 0.428 e. The molecular weight excluding hydrogens is 1260 g/mol. The van der Waals surface area contributed by atoms with Crippen molar-refractivity contribution in [3.63, 3.8) is 0 Å². The van der Waals surface area contributed by atoms with Crippen LogP contribution in [0.15, 0.2) is 160 Å². The van der Waals surface area contributed by atoms with Gasteiger partial charge in [-0.25, -0.2) is 13.2 Å². The van der Waals surface area contributed by atoms with Gasteiger partial charge in [0.2, 0.25) is 0 Å². The number of carbonyl (C=O) groups excluding carboxylic acids is 1. The molecule has 510 valence electrons. The predicted molar refractivity (Wildman–Crippen MR) is 360 cm³/mol. The van der Waals surface area contributed by atoms with Gasteiger partial charge in [0.15, 0.2) is 37.4 Å². The first kappa shape index (κ1) is 72.2. The van der Waals surface area contributed by atoms with E-state index in [4.69, 9.17) is 33.0 Å². The molecule has 6 aromatic carbocycles. The van der Waals surface area contributed by atoms with E-state index < -0.39 is 60.8 Å². The lowest BCUT2D eigenvalue weighted by atomic mass is 9.80. The Morgan fingerprint density at radius 2 is 1.13 bits per heavy atom. The van der Waals surface area contributed by atoms with E-state index in [1.54, 1.807) is 12.1 Å². The number of fused-ring (bicyclic) bond motifs is 6. The summed E-state index contributed by atoms with van der Waals surface area (Å²) in [4.78, 5) is 15.1. The van der Waals surface area contributed by atoms with Crippen LogP contribution in [0.1, 0.15) is 165 Å². The van der Waals surface area contributed by atoms with Crippen LogP contribution in [0, 0.1) is 49.4 Å². The molecule has 5 saturated carbocycles. The molecule has 6 aliphatic rings. The van der Waals surface area contributed by atoms with E-state index in [1.807, 2.05) is 31.2 Å². The van der Waals surface area contributed by atoms with Gasteiger partial charge in [-0.15, -0.1) is 0 Å². The van der Waals surface area contributed by atoms with E-state index in [1.165, 1.54) is 69.9 Å². The lowest BCUT2D eigenvalue weighted by molar-refractivity contribution is -0.173. The maximum atomic E-state index is 13.1. The first-order valence-corrected chi connectivity index (χ1v) is 37.5. The number of rotatable bonds is 23. The molecule has 6 aromatic rings. The van der Waals surface area contributed by atoms with Gasteiger partial charge in [0.25, 0.3) is 10.1 Å². The Morgan fingerprint density at radius 1 is 0.638 bits per heavy atom. The third-order valence-electron chi connectivity index (χ3n) is 20.1. The number of hydrogen-bond donors (Lipinski definition) is 1. The van der Waals surface area contributed by atoms with Crippen molar-refractivity contribution in [2.24, 2.45) is 35.5 Å². The van der Waals surface area contributed by atoms with Crippen molar-refractivity contribution in [2.45, 2.75) is 207 Å². The van der Waals surface area contributed by atoms with Crippen molar-refractivity contribution in [1.82, 2.24) is 0 Å². The van der Waals surface area contributed by atoms with Gasteiger partial charge in [-0.3, -0.25) is 4.18 Å². The topological polar surface area (TPSA) is 193 Å². The third-order valence-corrected chi connectivity index (χ3v) is 24.8. The number of alkyl halides is 2. The lowest BCUT2D eigenvalue weighted by Gasteiger charge is -2.33. The smallest absolute Gasteiger partial charge is 0.428 e. The molecule has 19 heteroatoms. The minimum atomic E-state index is -6.21. The highest BCUT2D eigenvalue weighted by molar-refractivity contribution is 7.97. The summed E-state index contributed by atoms with van der Waals surface area (Å²) < 4.78 is 120. The van der Waals surface area contributed by atoms with Gasteiger partial charge in [0, 0.05) is 24.0 Å². The minimum absolute atomic E-state index is 0.0944. The van der Waals surface area contributed by atoms with Crippen LogP contribution in [0.2, 0.25) is 0 Å². The van der Waals surface area contributed by atoms with Crippen molar-refractivity contribution < 1.29 is 72.7 Å². The fourth-order valence-electron chi connectivity index (χ4n) is 14.6. The van der Waals surface area contributed by atoms with Gasteiger partial charge in [-0.05, 0) is 215 Å². The van der Waals surface area contributed by atoms with Crippen LogP contribution in [-0.2, 0) is 54.3 Å². The lowest BCUT2D eigenvalue weighted by Crippen LogP contribution is -2.45. The highest BCUT2D eigenvalue weighted by Crippen LogP contribution is 2.60. The minimum Gasteiger partial charge on any atom is -0.743 e. The van der Waals surface area contributed by atoms with Gasteiger partial charge >= 0.3 is 11.2 Å². The molecule has 4 bridgehead atoms. The monoisotopic (exact) mass is 1350 g/mol. The summed E-state index contributed by atoms with van der Waals surface area (Å²) in [5, 5.41) is 3.05. The number of hydrogen-bond acceptors (Lipinski definition) is 14. The Hall–Kier alpha value is -6.06. The van der Waals surface area contributed by atoms with E-state index >= 15 is 0 Å². The number of aryl methyl sites for hydroxylation is 2. The van der Waals surface area contributed by atoms with Crippen LogP contribution in [-0.4, -0.2) is 87.1 Å². The average molecular weight is 1350 g/mol. The fourth-order valence-corrected chi connectivity index (χ4v) is 19.0. The molecule has 0 radical (unpaired) electrons. The Kier molecular flexibility index (Phi) is 24.5. The molecule has 1 N–H and O–H groups in total. The molecule has 1 aliphatic heterocycles. The van der Waals surface area contributed by atoms with Crippen molar-refractivity contribution in [3.05, 3.63) is 173 Å². The number of esters is 1. The van der Waals surface area contributed by atoms with E-state index in [2.05, 4.69) is 176 Å². The second-order valence-electron chi connectivity index (χ2n) is 26.2. The second-order valence-corrected chi connectivity index (χ2v) is 31.5. The Morgan fingerprint density at radius 3 is 1.64 bits per heavy atom. The first-order valence-electron chi connectivity index (χ1n) is 33.4. The van der Waals surface area contributed by atoms with Gasteiger partial charge < -0.3 is 38.1 Å². The number of carbonyl (C=O) groups is 1. The van der Waals surface area contributed by atoms with E-state index in [9.17, 15) is 35.0 Å². The highest BCUT2D eigenvalue weighted by atomic mass is 32.2. The highest BCUT2D eigenvalue weighted by Gasteiger charge is 2.66. The standard InChI is InChI=1S/C34H39O3S.C22H32O2.C10H14O.C9H10F2O8S2/c1-6-25(2)29-17-19-30(20-18-29)37-28(5)35-21-22-36-34-26(3)23-33(24-27(34)4)38(31-13-9-7-10-14-31)32-15-11-8-12-16-32;1-4-14(2)16-8-10-18(11-9-16)23-15(3)24-22-13-17-12-21(22)20-7-5-6-19(17)20;1-3-8(2)9-4-6-10(11)7-5-9;10-9(11,21(15,16)17)8(12)18-6-3-1-4-5(2-3)20(13,14)19-7(4)6/h7-20,23-25,28H,6,21-22H2,1-5H3;8-11,14-15,17,19-22H,4-7,12-13H2,1-3H3;4-8,11H,3H2,1-2H3;3-7H,1-2H2,(H,15,16,17)/q+1;;;/p-1. The molecule has 14 nitrogen and oxygen atoms in total. The zero-order chi connectivity index (χ0) is 67.6. The zero-order valence-electron chi connectivity index (χ0n) is 55.7. The molecule has 12 rings (SSSR count). The van der Waals surface area contributed by atoms with Gasteiger partial charge in [-0.1, -0.05) is 121 Å². The predicted octanol–water partition coefficient (Wildman–Crippen LogP) is 16.6. The Labute approximate surface area is 559 Å². The van der Waals surface area contributed by atoms with E-state index in [0.717, 1.165) is 64.9 Å². The largest absolute Gasteiger partial charge is 0.743 e. The molecule has 0 amide bonds. The summed E-state index contributed by atoms with van der Waals surface area (Å²) in [5.41, 5.74) is 6.28. The van der Waals surface area contributed by atoms with Crippen molar-refractivity contribution in [2.75, 3.05) is 13.2 Å².